The molecule has 1 amide bonds. The Labute approximate surface area is 136 Å². The van der Waals surface area contributed by atoms with Gasteiger partial charge in [-0.05, 0) is 38.8 Å². The summed E-state index contributed by atoms with van der Waals surface area (Å²) in [6.07, 6.45) is 6.70. The van der Waals surface area contributed by atoms with E-state index in [0.717, 1.165) is 42.7 Å². The molecule has 2 heterocycles. The Hall–Kier alpha value is -2.17. The number of rotatable bonds is 9. The zero-order chi connectivity index (χ0) is 16.8. The molecule has 1 unspecified atom stereocenters. The third-order valence-electron chi connectivity index (χ3n) is 4.25. The number of pyridine rings is 1. The first-order valence-corrected chi connectivity index (χ1v) is 8.20. The van der Waals surface area contributed by atoms with Gasteiger partial charge in [0, 0.05) is 30.7 Å². The molecule has 23 heavy (non-hydrogen) atoms. The molecule has 0 aliphatic heterocycles. The van der Waals surface area contributed by atoms with Crippen LogP contribution < -0.4 is 5.73 Å². The summed E-state index contributed by atoms with van der Waals surface area (Å²) in [5.74, 6) is -0.231. The predicted molar refractivity (Wildman–Crippen MR) is 90.1 cm³/mol. The minimum absolute atomic E-state index is 0.189. The molecule has 2 rings (SSSR count). The van der Waals surface area contributed by atoms with Gasteiger partial charge in [0.15, 0.2) is 0 Å². The highest BCUT2D eigenvalue weighted by atomic mass is 16.1. The average Bonchev–Trinajstić information content (AvgIpc) is 2.81. The van der Waals surface area contributed by atoms with Crippen LogP contribution in [-0.4, -0.2) is 21.1 Å². The minimum atomic E-state index is -0.262. The van der Waals surface area contributed by atoms with Crippen LogP contribution in [0, 0.1) is 12.8 Å². The fourth-order valence-corrected chi connectivity index (χ4v) is 2.93. The van der Waals surface area contributed by atoms with E-state index in [1.807, 2.05) is 35.7 Å². The molecule has 0 bridgehead atoms. The molecule has 0 aromatic carbocycles. The average molecular weight is 315 g/mol. The third kappa shape index (κ3) is 4.65. The van der Waals surface area contributed by atoms with Gasteiger partial charge in [-0.2, -0.15) is 0 Å². The van der Waals surface area contributed by atoms with Gasteiger partial charge in [-0.25, -0.2) is 4.98 Å². The van der Waals surface area contributed by atoms with Gasteiger partial charge in [-0.15, -0.1) is 0 Å². The largest absolute Gasteiger partial charge is 0.369 e. The number of ketones is 1. The Morgan fingerprint density at radius 2 is 2.04 bits per heavy atom. The third-order valence-corrected chi connectivity index (χ3v) is 4.25. The summed E-state index contributed by atoms with van der Waals surface area (Å²) in [5.41, 5.74) is 8.47. The number of Topliss-reactive ketones (excluding diaryl/α,β-unsaturated/α-hetero) is 1. The molecular formula is C18H25N3O2. The topological polar surface area (TPSA) is 77.5 Å². The molecule has 0 fully saturated rings. The van der Waals surface area contributed by atoms with E-state index < -0.39 is 0 Å². The lowest BCUT2D eigenvalue weighted by molar-refractivity contribution is -0.122. The maximum Gasteiger partial charge on any atom is 0.220 e. The number of carbonyl (C=O) groups is 2. The molecule has 0 saturated heterocycles. The summed E-state index contributed by atoms with van der Waals surface area (Å²) < 4.78 is 2.03. The fraction of sp³-hybridized carbons (Fsp3) is 0.500. The second-order valence-corrected chi connectivity index (χ2v) is 6.18. The Morgan fingerprint density at radius 1 is 1.26 bits per heavy atom. The van der Waals surface area contributed by atoms with Crippen LogP contribution in [0.15, 0.2) is 24.4 Å². The lowest BCUT2D eigenvalue weighted by Crippen LogP contribution is -2.26. The van der Waals surface area contributed by atoms with Crippen molar-refractivity contribution in [3.8, 4) is 0 Å². The second kappa shape index (κ2) is 7.90. The Balaban J connectivity index is 2.00. The molecule has 0 aliphatic rings. The van der Waals surface area contributed by atoms with Crippen LogP contribution in [0.2, 0.25) is 0 Å². The molecule has 2 aromatic heterocycles. The summed E-state index contributed by atoms with van der Waals surface area (Å²) in [7, 11) is 0. The highest BCUT2D eigenvalue weighted by Crippen LogP contribution is 2.20. The van der Waals surface area contributed by atoms with E-state index in [4.69, 9.17) is 5.73 Å². The summed E-state index contributed by atoms with van der Waals surface area (Å²) in [6.45, 7) is 3.58. The number of hydrogen-bond donors (Lipinski definition) is 1. The molecule has 0 saturated carbocycles. The lowest BCUT2D eigenvalue weighted by atomic mass is 9.94. The Morgan fingerprint density at radius 3 is 2.74 bits per heavy atom. The van der Waals surface area contributed by atoms with Gasteiger partial charge < -0.3 is 14.9 Å². The first kappa shape index (κ1) is 17.2. The van der Waals surface area contributed by atoms with Crippen molar-refractivity contribution in [3.05, 3.63) is 35.8 Å². The minimum Gasteiger partial charge on any atom is -0.369 e. The zero-order valence-corrected chi connectivity index (χ0v) is 13.9. The van der Waals surface area contributed by atoms with Gasteiger partial charge in [0.05, 0.1) is 5.69 Å². The highest BCUT2D eigenvalue weighted by molar-refractivity contribution is 5.77. The van der Waals surface area contributed by atoms with Crippen molar-refractivity contribution >= 4 is 17.3 Å². The number of imidazole rings is 1. The van der Waals surface area contributed by atoms with Crippen molar-refractivity contribution in [2.45, 2.75) is 52.4 Å². The van der Waals surface area contributed by atoms with E-state index in [0.29, 0.717) is 12.8 Å². The Bertz CT molecular complexity index is 691. The second-order valence-electron chi connectivity index (χ2n) is 6.18. The standard InChI is InChI=1S/C18H25N3O2/c1-13(22)8-4-3-5-9-15(18(19)23)12-16-14(2)20-17-10-6-7-11-21(16)17/h6-7,10-11,15H,3-5,8-9,12H2,1-2H3,(H2,19,23). The van der Waals surface area contributed by atoms with Crippen molar-refractivity contribution in [1.82, 2.24) is 9.38 Å². The number of nitrogens with two attached hydrogens (primary N) is 1. The molecule has 2 N–H and O–H groups in total. The molecule has 5 heteroatoms. The number of carbonyl (C=O) groups excluding carboxylic acids is 2. The molecule has 0 radical (unpaired) electrons. The van der Waals surface area contributed by atoms with Gasteiger partial charge in [-0.3, -0.25) is 4.79 Å². The number of amides is 1. The number of unbranched alkanes of at least 4 members (excludes halogenated alkanes) is 2. The normalized spacial score (nSPS) is 12.4. The zero-order valence-electron chi connectivity index (χ0n) is 13.9. The molecule has 0 spiro atoms. The fourth-order valence-electron chi connectivity index (χ4n) is 2.93. The number of fused-ring (bicyclic) bond motifs is 1. The smallest absolute Gasteiger partial charge is 0.220 e. The van der Waals surface area contributed by atoms with Crippen molar-refractivity contribution in [1.29, 1.82) is 0 Å². The summed E-state index contributed by atoms with van der Waals surface area (Å²) in [5, 5.41) is 0. The predicted octanol–water partition coefficient (Wildman–Crippen LogP) is 2.83. The molecule has 5 nitrogen and oxygen atoms in total. The van der Waals surface area contributed by atoms with Crippen molar-refractivity contribution < 1.29 is 9.59 Å². The molecule has 124 valence electrons. The van der Waals surface area contributed by atoms with Crippen molar-refractivity contribution in [3.63, 3.8) is 0 Å². The number of nitrogens with zero attached hydrogens (tertiary/aromatic N) is 2. The number of primary amides is 1. The maximum atomic E-state index is 11.8. The van der Waals surface area contributed by atoms with Crippen molar-refractivity contribution in [2.24, 2.45) is 11.7 Å². The molecule has 0 aliphatic carbocycles. The van der Waals surface area contributed by atoms with E-state index in [1.54, 1.807) is 6.92 Å². The summed E-state index contributed by atoms with van der Waals surface area (Å²) in [6, 6.07) is 5.86. The molecular weight excluding hydrogens is 290 g/mol. The van der Waals surface area contributed by atoms with E-state index in [1.165, 1.54) is 0 Å². The van der Waals surface area contributed by atoms with E-state index in [2.05, 4.69) is 4.98 Å². The van der Waals surface area contributed by atoms with Gasteiger partial charge in [-0.1, -0.05) is 18.9 Å². The molecule has 2 aromatic rings. The first-order valence-electron chi connectivity index (χ1n) is 8.20. The van der Waals surface area contributed by atoms with Gasteiger partial charge in [0.1, 0.15) is 11.4 Å². The van der Waals surface area contributed by atoms with Crippen LogP contribution in [0.1, 0.15) is 50.4 Å². The maximum absolute atomic E-state index is 11.8. The van der Waals surface area contributed by atoms with E-state index in [9.17, 15) is 9.59 Å². The van der Waals surface area contributed by atoms with Crippen LogP contribution in [0.5, 0.6) is 0 Å². The summed E-state index contributed by atoms with van der Waals surface area (Å²) >= 11 is 0. The highest BCUT2D eigenvalue weighted by Gasteiger charge is 2.19. The summed E-state index contributed by atoms with van der Waals surface area (Å²) in [4.78, 5) is 27.3. The number of aromatic nitrogens is 2. The van der Waals surface area contributed by atoms with Crippen LogP contribution in [0.25, 0.3) is 5.65 Å². The van der Waals surface area contributed by atoms with Crippen LogP contribution in [0.4, 0.5) is 0 Å². The number of aryl methyl sites for hydroxylation is 1. The van der Waals surface area contributed by atoms with Crippen LogP contribution in [-0.2, 0) is 16.0 Å². The first-order chi connectivity index (χ1) is 11.0. The van der Waals surface area contributed by atoms with Gasteiger partial charge in [0.2, 0.25) is 5.91 Å². The lowest BCUT2D eigenvalue weighted by Gasteiger charge is -2.13. The van der Waals surface area contributed by atoms with Gasteiger partial charge in [0.25, 0.3) is 0 Å². The SMILES string of the molecule is CC(=O)CCCCCC(Cc1c(C)nc2ccccn12)C(N)=O. The monoisotopic (exact) mass is 315 g/mol. The molecule has 1 atom stereocenters. The van der Waals surface area contributed by atoms with Crippen molar-refractivity contribution in [2.75, 3.05) is 0 Å². The van der Waals surface area contributed by atoms with Crippen LogP contribution >= 0.6 is 0 Å². The van der Waals surface area contributed by atoms with Gasteiger partial charge >= 0.3 is 0 Å². The van der Waals surface area contributed by atoms with E-state index in [-0.39, 0.29) is 17.6 Å². The number of hydrogen-bond acceptors (Lipinski definition) is 3. The van der Waals surface area contributed by atoms with Crippen LogP contribution in [0.3, 0.4) is 0 Å². The quantitative estimate of drug-likeness (QED) is 0.723. The Kier molecular flexibility index (Phi) is 5.90. The van der Waals surface area contributed by atoms with E-state index >= 15 is 0 Å².